The molecule has 2 N–H and O–H groups in total. The molecule has 0 radical (unpaired) electrons. The van der Waals surface area contributed by atoms with Crippen LogP contribution >= 0.6 is 11.6 Å². The first-order valence-corrected chi connectivity index (χ1v) is 9.57. The van der Waals surface area contributed by atoms with Crippen molar-refractivity contribution >= 4 is 23.3 Å². The number of carbonyl (C=O) groups excluding carboxylic acids is 1. The van der Waals surface area contributed by atoms with E-state index in [1.54, 1.807) is 28.9 Å². The van der Waals surface area contributed by atoms with Gasteiger partial charge in [0.05, 0.1) is 5.69 Å². The Labute approximate surface area is 174 Å². The van der Waals surface area contributed by atoms with E-state index in [1.165, 1.54) is 0 Å². The number of amides is 1. The average molecular weight is 415 g/mol. The molecule has 0 aliphatic heterocycles. The van der Waals surface area contributed by atoms with E-state index in [4.69, 9.17) is 16.3 Å². The number of hydrogen-bond acceptors (Lipinski definition) is 6. The summed E-state index contributed by atoms with van der Waals surface area (Å²) in [4.78, 5) is 11.8. The lowest BCUT2D eigenvalue weighted by molar-refractivity contribution is -0.123. The van der Waals surface area contributed by atoms with Gasteiger partial charge in [-0.2, -0.15) is 5.10 Å². The third-order valence-electron chi connectivity index (χ3n) is 4.46. The van der Waals surface area contributed by atoms with Gasteiger partial charge in [0.25, 0.3) is 5.91 Å². The SMILES string of the molecule is Cc1nn(-c2ccc(NCCNC(=O)COc3ccc(Cl)cc3)nn2)c(C)c1C. The number of ether oxygens (including phenoxy) is 1. The first kappa shape index (κ1) is 20.6. The Bertz CT molecular complexity index is 970. The second kappa shape index (κ2) is 9.38. The van der Waals surface area contributed by atoms with Gasteiger partial charge in [0, 0.05) is 23.8 Å². The molecule has 9 heteroatoms. The van der Waals surface area contributed by atoms with E-state index in [0.29, 0.717) is 35.5 Å². The minimum absolute atomic E-state index is 0.0574. The lowest BCUT2D eigenvalue weighted by atomic mass is 10.2. The lowest BCUT2D eigenvalue weighted by Gasteiger charge is -2.09. The molecule has 3 aromatic rings. The third kappa shape index (κ3) is 5.45. The molecular formula is C20H23ClN6O2. The molecule has 29 heavy (non-hydrogen) atoms. The predicted octanol–water partition coefficient (Wildman–Crippen LogP) is 2.85. The van der Waals surface area contributed by atoms with Crippen LogP contribution in [0.5, 0.6) is 5.75 Å². The Morgan fingerprint density at radius 1 is 1.07 bits per heavy atom. The first-order chi connectivity index (χ1) is 13.9. The molecule has 1 amide bonds. The number of aromatic nitrogens is 4. The summed E-state index contributed by atoms with van der Waals surface area (Å²) >= 11 is 5.81. The summed E-state index contributed by atoms with van der Waals surface area (Å²) in [6.45, 7) is 6.90. The van der Waals surface area contributed by atoms with Crippen molar-refractivity contribution in [2.45, 2.75) is 20.8 Å². The summed E-state index contributed by atoms with van der Waals surface area (Å²) in [7, 11) is 0. The summed E-state index contributed by atoms with van der Waals surface area (Å²) < 4.78 is 7.17. The van der Waals surface area contributed by atoms with Gasteiger partial charge in [-0.15, -0.1) is 10.2 Å². The zero-order valence-electron chi connectivity index (χ0n) is 16.6. The van der Waals surface area contributed by atoms with Crippen molar-refractivity contribution in [3.05, 3.63) is 58.4 Å². The van der Waals surface area contributed by atoms with Gasteiger partial charge in [-0.1, -0.05) is 11.6 Å². The Hall–Kier alpha value is -3.13. The van der Waals surface area contributed by atoms with Crippen LogP contribution < -0.4 is 15.4 Å². The molecule has 8 nitrogen and oxygen atoms in total. The fourth-order valence-electron chi connectivity index (χ4n) is 2.60. The molecule has 1 aromatic carbocycles. The molecular weight excluding hydrogens is 392 g/mol. The van der Waals surface area contributed by atoms with Gasteiger partial charge in [-0.25, -0.2) is 4.68 Å². The van der Waals surface area contributed by atoms with E-state index in [-0.39, 0.29) is 12.5 Å². The maximum absolute atomic E-state index is 11.8. The molecule has 0 aliphatic carbocycles. The number of halogens is 1. The van der Waals surface area contributed by atoms with Gasteiger partial charge >= 0.3 is 0 Å². The number of aryl methyl sites for hydroxylation is 1. The number of nitrogens with zero attached hydrogens (tertiary/aromatic N) is 4. The van der Waals surface area contributed by atoms with Crippen molar-refractivity contribution < 1.29 is 9.53 Å². The number of rotatable bonds is 8. The monoisotopic (exact) mass is 414 g/mol. The minimum Gasteiger partial charge on any atom is -0.484 e. The molecule has 2 aromatic heterocycles. The predicted molar refractivity (Wildman–Crippen MR) is 112 cm³/mol. The number of anilines is 1. The van der Waals surface area contributed by atoms with Crippen LogP contribution in [0.25, 0.3) is 5.82 Å². The van der Waals surface area contributed by atoms with Gasteiger partial charge < -0.3 is 15.4 Å². The van der Waals surface area contributed by atoms with Crippen LogP contribution in [0.4, 0.5) is 5.82 Å². The highest BCUT2D eigenvalue weighted by molar-refractivity contribution is 6.30. The van der Waals surface area contributed by atoms with Crippen molar-refractivity contribution in [2.75, 3.05) is 25.0 Å². The highest BCUT2D eigenvalue weighted by Gasteiger charge is 2.10. The maximum atomic E-state index is 11.8. The van der Waals surface area contributed by atoms with Crippen LogP contribution in [-0.2, 0) is 4.79 Å². The molecule has 0 unspecified atom stereocenters. The molecule has 0 aliphatic rings. The van der Waals surface area contributed by atoms with E-state index in [0.717, 1.165) is 17.0 Å². The number of hydrogen-bond donors (Lipinski definition) is 2. The highest BCUT2D eigenvalue weighted by Crippen LogP contribution is 2.16. The zero-order valence-corrected chi connectivity index (χ0v) is 17.3. The molecule has 152 valence electrons. The molecule has 0 spiro atoms. The Morgan fingerprint density at radius 3 is 2.45 bits per heavy atom. The van der Waals surface area contributed by atoms with E-state index < -0.39 is 0 Å². The van der Waals surface area contributed by atoms with Crippen LogP contribution in [0.2, 0.25) is 5.02 Å². The standard InChI is InChI=1S/C20H23ClN6O2/c1-13-14(2)26-27(15(13)3)19-9-8-18(24-25-19)22-10-11-23-20(28)12-29-17-6-4-16(21)5-7-17/h4-9H,10-12H2,1-3H3,(H,22,24)(H,23,28). The van der Waals surface area contributed by atoms with Crippen LogP contribution in [-0.4, -0.2) is 45.6 Å². The molecule has 0 fully saturated rings. The van der Waals surface area contributed by atoms with E-state index in [1.807, 2.05) is 32.9 Å². The normalized spacial score (nSPS) is 10.6. The second-order valence-corrected chi connectivity index (χ2v) is 6.94. The van der Waals surface area contributed by atoms with E-state index in [2.05, 4.69) is 25.9 Å². The van der Waals surface area contributed by atoms with E-state index in [9.17, 15) is 4.79 Å². The molecule has 0 saturated carbocycles. The first-order valence-electron chi connectivity index (χ1n) is 9.20. The summed E-state index contributed by atoms with van der Waals surface area (Å²) in [5.74, 6) is 1.68. The van der Waals surface area contributed by atoms with Gasteiger partial charge in [0.2, 0.25) is 0 Å². The van der Waals surface area contributed by atoms with Gasteiger partial charge in [-0.3, -0.25) is 4.79 Å². The van der Waals surface area contributed by atoms with E-state index >= 15 is 0 Å². The second-order valence-electron chi connectivity index (χ2n) is 6.50. The molecule has 0 bridgehead atoms. The van der Waals surface area contributed by atoms with Gasteiger partial charge in [-0.05, 0) is 62.7 Å². The number of benzene rings is 1. The zero-order chi connectivity index (χ0) is 20.8. The summed E-state index contributed by atoms with van der Waals surface area (Å²) in [5, 5.41) is 19.4. The molecule has 0 atom stereocenters. The number of nitrogens with one attached hydrogen (secondary N) is 2. The summed E-state index contributed by atoms with van der Waals surface area (Å²) in [6, 6.07) is 10.5. The van der Waals surface area contributed by atoms with Crippen molar-refractivity contribution in [3.8, 4) is 11.6 Å². The van der Waals surface area contributed by atoms with Crippen molar-refractivity contribution in [1.82, 2.24) is 25.3 Å². The summed E-state index contributed by atoms with van der Waals surface area (Å²) in [6.07, 6.45) is 0. The van der Waals surface area contributed by atoms with Crippen molar-refractivity contribution in [3.63, 3.8) is 0 Å². The Kier molecular flexibility index (Phi) is 6.66. The fourth-order valence-corrected chi connectivity index (χ4v) is 2.73. The average Bonchev–Trinajstić information content (AvgIpc) is 2.98. The van der Waals surface area contributed by atoms with Gasteiger partial charge in [0.15, 0.2) is 12.4 Å². The Morgan fingerprint density at radius 2 is 1.83 bits per heavy atom. The van der Waals surface area contributed by atoms with Crippen LogP contribution in [0, 0.1) is 20.8 Å². The quantitative estimate of drug-likeness (QED) is 0.550. The fraction of sp³-hybridized carbons (Fsp3) is 0.300. The third-order valence-corrected chi connectivity index (χ3v) is 4.71. The van der Waals surface area contributed by atoms with Gasteiger partial charge in [0.1, 0.15) is 11.6 Å². The highest BCUT2D eigenvalue weighted by atomic mass is 35.5. The maximum Gasteiger partial charge on any atom is 0.258 e. The Balaban J connectivity index is 1.40. The topological polar surface area (TPSA) is 94.0 Å². The number of carbonyl (C=O) groups is 1. The van der Waals surface area contributed by atoms with Crippen LogP contribution in [0.3, 0.4) is 0 Å². The summed E-state index contributed by atoms with van der Waals surface area (Å²) in [5.41, 5.74) is 3.16. The van der Waals surface area contributed by atoms with Crippen LogP contribution in [0.15, 0.2) is 36.4 Å². The smallest absolute Gasteiger partial charge is 0.258 e. The molecule has 2 heterocycles. The van der Waals surface area contributed by atoms with Crippen LogP contribution in [0.1, 0.15) is 17.0 Å². The van der Waals surface area contributed by atoms with Crippen molar-refractivity contribution in [1.29, 1.82) is 0 Å². The molecule has 0 saturated heterocycles. The van der Waals surface area contributed by atoms with Crippen molar-refractivity contribution in [2.24, 2.45) is 0 Å². The minimum atomic E-state index is -0.205. The molecule has 3 rings (SSSR count). The lowest BCUT2D eigenvalue weighted by Crippen LogP contribution is -2.32. The largest absolute Gasteiger partial charge is 0.484 e.